The van der Waals surface area contributed by atoms with Crippen LogP contribution in [0.15, 0.2) is 24.3 Å². The van der Waals surface area contributed by atoms with E-state index in [1.165, 1.54) is 5.56 Å². The van der Waals surface area contributed by atoms with Crippen LogP contribution in [0.4, 0.5) is 0 Å². The molecule has 1 aliphatic rings. The predicted octanol–water partition coefficient (Wildman–Crippen LogP) is 2.24. The number of hydrogen-bond acceptors (Lipinski definition) is 3. The summed E-state index contributed by atoms with van der Waals surface area (Å²) in [6.07, 6.45) is 2.14. The second kappa shape index (κ2) is 6.35. The predicted molar refractivity (Wildman–Crippen MR) is 71.4 cm³/mol. The molecule has 1 unspecified atom stereocenters. The highest BCUT2D eigenvalue weighted by atomic mass is 16.4. The topological polar surface area (TPSA) is 64.3 Å². The summed E-state index contributed by atoms with van der Waals surface area (Å²) < 4.78 is 0. The molecule has 0 radical (unpaired) electrons. The third-order valence-corrected chi connectivity index (χ3v) is 3.63. The minimum atomic E-state index is -0.703. The molecule has 100 valence electrons. The normalized spacial score (nSPS) is 19.2. The lowest BCUT2D eigenvalue weighted by molar-refractivity contribution is -0.137. The van der Waals surface area contributed by atoms with Gasteiger partial charge in [-0.05, 0) is 43.0 Å². The van der Waals surface area contributed by atoms with E-state index in [2.05, 4.69) is 11.0 Å². The molecule has 4 nitrogen and oxygen atoms in total. The van der Waals surface area contributed by atoms with Crippen molar-refractivity contribution in [3.8, 4) is 6.07 Å². The first-order valence-electron chi connectivity index (χ1n) is 6.60. The van der Waals surface area contributed by atoms with Crippen molar-refractivity contribution >= 4 is 5.97 Å². The number of nitrogens with zero attached hydrogens (tertiary/aromatic N) is 2. The average Bonchev–Trinajstić information content (AvgIpc) is 2.85. The van der Waals surface area contributed by atoms with E-state index in [1.807, 2.05) is 24.3 Å². The van der Waals surface area contributed by atoms with Crippen molar-refractivity contribution in [2.75, 3.05) is 13.1 Å². The van der Waals surface area contributed by atoms with Gasteiger partial charge in [-0.1, -0.05) is 12.1 Å². The Balaban J connectivity index is 1.81. The van der Waals surface area contributed by atoms with Gasteiger partial charge in [0.2, 0.25) is 0 Å². The summed E-state index contributed by atoms with van der Waals surface area (Å²) in [5.74, 6) is -0.194. The summed E-state index contributed by atoms with van der Waals surface area (Å²) in [6, 6.07) is 9.77. The number of carbonyl (C=O) groups is 1. The van der Waals surface area contributed by atoms with Gasteiger partial charge in [-0.15, -0.1) is 0 Å². The van der Waals surface area contributed by atoms with Gasteiger partial charge in [0.05, 0.1) is 11.6 Å². The largest absolute Gasteiger partial charge is 0.481 e. The molecular formula is C15H18N2O2. The van der Waals surface area contributed by atoms with E-state index in [0.29, 0.717) is 11.5 Å². The van der Waals surface area contributed by atoms with E-state index >= 15 is 0 Å². The van der Waals surface area contributed by atoms with E-state index in [1.54, 1.807) is 0 Å². The van der Waals surface area contributed by atoms with Gasteiger partial charge in [0.25, 0.3) is 0 Å². The number of hydrogen-bond donors (Lipinski definition) is 1. The number of carboxylic acid groups (broad SMARTS) is 1. The zero-order chi connectivity index (χ0) is 13.7. The molecule has 1 fully saturated rings. The summed E-state index contributed by atoms with van der Waals surface area (Å²) in [5.41, 5.74) is 1.89. The van der Waals surface area contributed by atoms with Crippen LogP contribution in [0.1, 0.15) is 30.4 Å². The second-order valence-corrected chi connectivity index (χ2v) is 5.13. The molecule has 4 heteroatoms. The van der Waals surface area contributed by atoms with Crippen LogP contribution in [0.25, 0.3) is 0 Å². The van der Waals surface area contributed by atoms with Gasteiger partial charge in [-0.2, -0.15) is 5.26 Å². The number of nitriles is 1. The van der Waals surface area contributed by atoms with Crippen molar-refractivity contribution in [1.82, 2.24) is 4.90 Å². The van der Waals surface area contributed by atoms with E-state index in [9.17, 15) is 4.79 Å². The fourth-order valence-electron chi connectivity index (χ4n) is 2.56. The maximum absolute atomic E-state index is 10.5. The van der Waals surface area contributed by atoms with Gasteiger partial charge in [-0.3, -0.25) is 9.69 Å². The molecule has 0 aliphatic carbocycles. The number of benzene rings is 1. The van der Waals surface area contributed by atoms with Gasteiger partial charge in [0, 0.05) is 19.5 Å². The number of carboxylic acids is 1. The molecule has 1 N–H and O–H groups in total. The molecule has 19 heavy (non-hydrogen) atoms. The highest BCUT2D eigenvalue weighted by Gasteiger charge is 2.22. The van der Waals surface area contributed by atoms with Gasteiger partial charge in [-0.25, -0.2) is 0 Å². The minimum absolute atomic E-state index is 0.273. The molecule has 1 aromatic rings. The molecule has 1 aliphatic heterocycles. The molecule has 0 saturated carbocycles. The quantitative estimate of drug-likeness (QED) is 0.879. The van der Waals surface area contributed by atoms with Crippen LogP contribution >= 0.6 is 0 Å². The summed E-state index contributed by atoms with van der Waals surface area (Å²) in [6.45, 7) is 2.90. The molecule has 1 saturated heterocycles. The molecule has 0 aromatic heterocycles. The molecule has 0 amide bonds. The smallest absolute Gasteiger partial charge is 0.303 e. The van der Waals surface area contributed by atoms with Crippen LogP contribution in [0.2, 0.25) is 0 Å². The Kier molecular flexibility index (Phi) is 4.53. The highest BCUT2D eigenvalue weighted by Crippen LogP contribution is 2.22. The molecule has 1 atom stereocenters. The van der Waals surface area contributed by atoms with Crippen molar-refractivity contribution in [3.05, 3.63) is 35.4 Å². The standard InChI is InChI=1S/C15H18N2O2/c16-9-12-1-3-13(4-2-12)10-17-8-7-14(11-17)5-6-15(18)19/h1-4,14H,5-8,10-11H2,(H,18,19). The van der Waals surface area contributed by atoms with Crippen LogP contribution in [0.3, 0.4) is 0 Å². The molecular weight excluding hydrogens is 240 g/mol. The van der Waals surface area contributed by atoms with Crippen molar-refractivity contribution in [2.45, 2.75) is 25.8 Å². The Labute approximate surface area is 113 Å². The van der Waals surface area contributed by atoms with Gasteiger partial charge in [0.15, 0.2) is 0 Å². The fourth-order valence-corrected chi connectivity index (χ4v) is 2.56. The summed E-state index contributed by atoms with van der Waals surface area (Å²) in [5, 5.41) is 17.4. The van der Waals surface area contributed by atoms with Crippen LogP contribution in [-0.2, 0) is 11.3 Å². The SMILES string of the molecule is N#Cc1ccc(CN2CCC(CCC(=O)O)C2)cc1. The Morgan fingerprint density at radius 1 is 1.42 bits per heavy atom. The lowest BCUT2D eigenvalue weighted by Crippen LogP contribution is -2.20. The van der Waals surface area contributed by atoms with Gasteiger partial charge >= 0.3 is 5.97 Å². The first-order chi connectivity index (χ1) is 9.17. The Bertz CT molecular complexity index is 476. The number of likely N-dealkylation sites (tertiary alicyclic amines) is 1. The maximum atomic E-state index is 10.5. The highest BCUT2D eigenvalue weighted by molar-refractivity contribution is 5.66. The molecule has 1 aromatic carbocycles. The average molecular weight is 258 g/mol. The number of aliphatic carboxylic acids is 1. The Hall–Kier alpha value is -1.86. The van der Waals surface area contributed by atoms with Crippen molar-refractivity contribution in [1.29, 1.82) is 5.26 Å². The van der Waals surface area contributed by atoms with Crippen LogP contribution in [0, 0.1) is 17.2 Å². The lowest BCUT2D eigenvalue weighted by Gasteiger charge is -2.15. The molecule has 0 spiro atoms. The summed E-state index contributed by atoms with van der Waals surface area (Å²) in [7, 11) is 0. The van der Waals surface area contributed by atoms with Crippen molar-refractivity contribution in [3.63, 3.8) is 0 Å². The fraction of sp³-hybridized carbons (Fsp3) is 0.467. The summed E-state index contributed by atoms with van der Waals surface area (Å²) in [4.78, 5) is 12.9. The monoisotopic (exact) mass is 258 g/mol. The maximum Gasteiger partial charge on any atom is 0.303 e. The number of rotatable bonds is 5. The van der Waals surface area contributed by atoms with E-state index in [0.717, 1.165) is 32.5 Å². The van der Waals surface area contributed by atoms with Crippen LogP contribution in [0.5, 0.6) is 0 Å². The van der Waals surface area contributed by atoms with Crippen LogP contribution < -0.4 is 0 Å². The summed E-state index contributed by atoms with van der Waals surface area (Å²) >= 11 is 0. The Morgan fingerprint density at radius 3 is 2.79 bits per heavy atom. The van der Waals surface area contributed by atoms with E-state index in [4.69, 9.17) is 10.4 Å². The van der Waals surface area contributed by atoms with E-state index in [-0.39, 0.29) is 6.42 Å². The van der Waals surface area contributed by atoms with Crippen molar-refractivity contribution < 1.29 is 9.90 Å². The first-order valence-corrected chi connectivity index (χ1v) is 6.60. The minimum Gasteiger partial charge on any atom is -0.481 e. The Morgan fingerprint density at radius 2 is 2.16 bits per heavy atom. The van der Waals surface area contributed by atoms with Crippen LogP contribution in [-0.4, -0.2) is 29.1 Å². The lowest BCUT2D eigenvalue weighted by atomic mass is 10.0. The molecule has 2 rings (SSSR count). The molecule has 0 bridgehead atoms. The second-order valence-electron chi connectivity index (χ2n) is 5.13. The van der Waals surface area contributed by atoms with E-state index < -0.39 is 5.97 Å². The van der Waals surface area contributed by atoms with Gasteiger partial charge in [0.1, 0.15) is 0 Å². The third-order valence-electron chi connectivity index (χ3n) is 3.63. The molecule has 1 heterocycles. The van der Waals surface area contributed by atoms with Gasteiger partial charge < -0.3 is 5.11 Å². The zero-order valence-electron chi connectivity index (χ0n) is 10.9. The van der Waals surface area contributed by atoms with Crippen molar-refractivity contribution in [2.24, 2.45) is 5.92 Å². The third kappa shape index (κ3) is 4.08. The first kappa shape index (κ1) is 13.6. The zero-order valence-corrected chi connectivity index (χ0v) is 10.9.